The Kier molecular flexibility index (Phi) is 4.89. The van der Waals surface area contributed by atoms with Gasteiger partial charge in [-0.15, -0.1) is 0 Å². The Morgan fingerprint density at radius 2 is 1.70 bits per heavy atom. The molecule has 0 heterocycles. The fraction of sp³-hybridized carbons (Fsp3) is 0.0714. The number of carbonyl (C=O) groups excluding carboxylic acids is 1. The largest absolute Gasteiger partial charge is 0.322 e. The number of carbonyl (C=O) groups is 1. The van der Waals surface area contributed by atoms with Gasteiger partial charge in [0.25, 0.3) is 17.3 Å². The molecular weight excluding hydrogens is 417 g/mol. The highest BCUT2D eigenvalue weighted by molar-refractivity contribution is 14.1. The van der Waals surface area contributed by atoms with Gasteiger partial charge in [-0.1, -0.05) is 0 Å². The standard InChI is InChI=1S/C14H10IN3O5/c1-8-12(6-11(17(20)21)7-13(8)18(22)23)14(19)16-10-4-2-9(15)3-5-10/h2-7H,1H3,(H,16,19). The zero-order chi connectivity index (χ0) is 17.1. The minimum atomic E-state index is -0.770. The number of nitrogens with one attached hydrogen (secondary N) is 1. The zero-order valence-corrected chi connectivity index (χ0v) is 13.9. The maximum Gasteiger partial charge on any atom is 0.279 e. The van der Waals surface area contributed by atoms with Crippen molar-refractivity contribution in [3.05, 3.63) is 71.3 Å². The highest BCUT2D eigenvalue weighted by Gasteiger charge is 2.24. The van der Waals surface area contributed by atoms with Gasteiger partial charge in [-0.05, 0) is 53.8 Å². The second-order valence-electron chi connectivity index (χ2n) is 4.61. The molecule has 0 spiro atoms. The normalized spacial score (nSPS) is 10.2. The molecule has 0 bridgehead atoms. The van der Waals surface area contributed by atoms with Gasteiger partial charge in [-0.2, -0.15) is 0 Å². The topological polar surface area (TPSA) is 115 Å². The number of rotatable bonds is 4. The van der Waals surface area contributed by atoms with Crippen molar-refractivity contribution >= 4 is 45.6 Å². The van der Waals surface area contributed by atoms with Gasteiger partial charge in [-0.25, -0.2) is 0 Å². The molecule has 2 aromatic carbocycles. The summed E-state index contributed by atoms with van der Waals surface area (Å²) in [5.41, 5.74) is -0.515. The van der Waals surface area contributed by atoms with Crippen molar-refractivity contribution in [3.63, 3.8) is 0 Å². The molecule has 0 saturated carbocycles. The van der Waals surface area contributed by atoms with Crippen LogP contribution in [-0.2, 0) is 0 Å². The molecule has 9 heteroatoms. The van der Waals surface area contributed by atoms with E-state index in [4.69, 9.17) is 0 Å². The summed E-state index contributed by atoms with van der Waals surface area (Å²) in [6.45, 7) is 1.38. The molecule has 0 aliphatic rings. The molecule has 0 unspecified atom stereocenters. The van der Waals surface area contributed by atoms with Crippen LogP contribution in [0.15, 0.2) is 36.4 Å². The number of benzene rings is 2. The van der Waals surface area contributed by atoms with Crippen molar-refractivity contribution in [1.29, 1.82) is 0 Å². The molecule has 0 aliphatic heterocycles. The van der Waals surface area contributed by atoms with Gasteiger partial charge in [-0.3, -0.25) is 25.0 Å². The summed E-state index contributed by atoms with van der Waals surface area (Å²) in [6.07, 6.45) is 0. The molecule has 1 N–H and O–H groups in total. The monoisotopic (exact) mass is 427 g/mol. The summed E-state index contributed by atoms with van der Waals surface area (Å²) in [6, 6.07) is 8.76. The number of halogens is 1. The quantitative estimate of drug-likeness (QED) is 0.454. The van der Waals surface area contributed by atoms with Crippen LogP contribution in [-0.4, -0.2) is 15.8 Å². The predicted molar refractivity (Wildman–Crippen MR) is 91.6 cm³/mol. The summed E-state index contributed by atoms with van der Waals surface area (Å²) in [7, 11) is 0. The first kappa shape index (κ1) is 16.8. The molecule has 0 radical (unpaired) electrons. The first-order chi connectivity index (χ1) is 10.8. The summed E-state index contributed by atoms with van der Waals surface area (Å²) in [5, 5.41) is 24.5. The number of nitro benzene ring substituents is 2. The van der Waals surface area contributed by atoms with E-state index in [1.807, 2.05) is 0 Å². The predicted octanol–water partition coefficient (Wildman–Crippen LogP) is 3.67. The van der Waals surface area contributed by atoms with Crippen molar-refractivity contribution in [2.75, 3.05) is 5.32 Å². The van der Waals surface area contributed by atoms with Crippen LogP contribution in [0.2, 0.25) is 0 Å². The number of hydrogen-bond acceptors (Lipinski definition) is 5. The highest BCUT2D eigenvalue weighted by Crippen LogP contribution is 2.28. The van der Waals surface area contributed by atoms with Crippen LogP contribution in [0.3, 0.4) is 0 Å². The Hall–Kier alpha value is -2.56. The van der Waals surface area contributed by atoms with Crippen LogP contribution >= 0.6 is 22.6 Å². The summed E-state index contributed by atoms with van der Waals surface area (Å²) in [4.78, 5) is 32.7. The van der Waals surface area contributed by atoms with E-state index in [0.717, 1.165) is 15.7 Å². The Balaban J connectivity index is 2.44. The maximum atomic E-state index is 12.3. The van der Waals surface area contributed by atoms with Gasteiger partial charge in [0.2, 0.25) is 0 Å². The van der Waals surface area contributed by atoms with Crippen LogP contribution in [0, 0.1) is 30.7 Å². The zero-order valence-electron chi connectivity index (χ0n) is 11.8. The minimum Gasteiger partial charge on any atom is -0.322 e. The molecule has 23 heavy (non-hydrogen) atoms. The second-order valence-corrected chi connectivity index (χ2v) is 5.86. The fourth-order valence-corrected chi connectivity index (χ4v) is 2.31. The lowest BCUT2D eigenvalue weighted by Crippen LogP contribution is -2.14. The van der Waals surface area contributed by atoms with E-state index in [9.17, 15) is 25.0 Å². The number of amides is 1. The van der Waals surface area contributed by atoms with Crippen molar-refractivity contribution in [3.8, 4) is 0 Å². The van der Waals surface area contributed by atoms with Crippen molar-refractivity contribution < 1.29 is 14.6 Å². The molecule has 0 fully saturated rings. The SMILES string of the molecule is Cc1c(C(=O)Nc2ccc(I)cc2)cc([N+](=O)[O-])cc1[N+](=O)[O-]. The van der Waals surface area contributed by atoms with Gasteiger partial charge in [0.1, 0.15) is 0 Å². The fourth-order valence-electron chi connectivity index (χ4n) is 1.95. The van der Waals surface area contributed by atoms with Crippen molar-refractivity contribution in [1.82, 2.24) is 0 Å². The molecular formula is C14H10IN3O5. The van der Waals surface area contributed by atoms with Crippen LogP contribution in [0.5, 0.6) is 0 Å². The average Bonchev–Trinajstić information content (AvgIpc) is 2.49. The number of anilines is 1. The third-order valence-corrected chi connectivity index (χ3v) is 3.84. The smallest absolute Gasteiger partial charge is 0.279 e. The first-order valence-corrected chi connectivity index (χ1v) is 7.38. The van der Waals surface area contributed by atoms with Gasteiger partial charge in [0, 0.05) is 20.9 Å². The summed E-state index contributed by atoms with van der Waals surface area (Å²) in [5.74, 6) is -0.643. The maximum absolute atomic E-state index is 12.3. The molecule has 0 atom stereocenters. The highest BCUT2D eigenvalue weighted by atomic mass is 127. The third kappa shape index (κ3) is 3.80. The number of nitro groups is 2. The van der Waals surface area contributed by atoms with Crippen molar-refractivity contribution in [2.24, 2.45) is 0 Å². The van der Waals surface area contributed by atoms with E-state index in [0.29, 0.717) is 5.69 Å². The molecule has 118 valence electrons. The molecule has 0 aliphatic carbocycles. The lowest BCUT2D eigenvalue weighted by atomic mass is 10.0. The van der Waals surface area contributed by atoms with Gasteiger partial charge in [0.05, 0.1) is 21.5 Å². The number of nitrogens with zero attached hydrogens (tertiary/aromatic N) is 2. The Morgan fingerprint density at radius 3 is 2.22 bits per heavy atom. The molecule has 2 rings (SSSR count). The molecule has 0 aromatic heterocycles. The van der Waals surface area contributed by atoms with Crippen LogP contribution < -0.4 is 5.32 Å². The Labute approximate surface area is 143 Å². The molecule has 2 aromatic rings. The van der Waals surface area contributed by atoms with Gasteiger partial charge in [0.15, 0.2) is 0 Å². The first-order valence-electron chi connectivity index (χ1n) is 6.30. The third-order valence-electron chi connectivity index (χ3n) is 3.12. The molecule has 8 nitrogen and oxygen atoms in total. The lowest BCUT2D eigenvalue weighted by Gasteiger charge is -2.08. The summed E-state index contributed by atoms with van der Waals surface area (Å²) < 4.78 is 0.975. The Morgan fingerprint density at radius 1 is 1.09 bits per heavy atom. The number of hydrogen-bond donors (Lipinski definition) is 1. The van der Waals surface area contributed by atoms with Gasteiger partial charge >= 0.3 is 0 Å². The minimum absolute atomic E-state index is 0.0728. The van der Waals surface area contributed by atoms with E-state index in [1.165, 1.54) is 6.92 Å². The number of non-ortho nitro benzene ring substituents is 1. The average molecular weight is 427 g/mol. The summed E-state index contributed by atoms with van der Waals surface area (Å²) >= 11 is 2.11. The van der Waals surface area contributed by atoms with E-state index in [1.54, 1.807) is 24.3 Å². The van der Waals surface area contributed by atoms with Crippen LogP contribution in [0.1, 0.15) is 15.9 Å². The molecule has 0 saturated heterocycles. The van der Waals surface area contributed by atoms with E-state index in [2.05, 4.69) is 27.9 Å². The van der Waals surface area contributed by atoms with Crippen LogP contribution in [0.25, 0.3) is 0 Å². The molecule has 1 amide bonds. The van der Waals surface area contributed by atoms with E-state index in [-0.39, 0.29) is 11.1 Å². The Bertz CT molecular complexity index is 805. The van der Waals surface area contributed by atoms with E-state index < -0.39 is 27.1 Å². The van der Waals surface area contributed by atoms with Crippen LogP contribution in [0.4, 0.5) is 17.1 Å². The lowest BCUT2D eigenvalue weighted by molar-refractivity contribution is -0.394. The van der Waals surface area contributed by atoms with Crippen molar-refractivity contribution in [2.45, 2.75) is 6.92 Å². The second kappa shape index (κ2) is 6.69. The van der Waals surface area contributed by atoms with Gasteiger partial charge < -0.3 is 5.32 Å². The van der Waals surface area contributed by atoms with E-state index >= 15 is 0 Å².